The first kappa shape index (κ1) is 10.3. The van der Waals surface area contributed by atoms with Gasteiger partial charge in [-0.3, -0.25) is 0 Å². The van der Waals surface area contributed by atoms with Gasteiger partial charge < -0.3 is 4.74 Å². The molecular weight excluding hydrogens is 199 g/mol. The molecule has 74 valence electrons. The molecule has 3 nitrogen and oxygen atoms in total. The summed E-state index contributed by atoms with van der Waals surface area (Å²) in [6.07, 6.45) is 1.10. The molecule has 0 bridgehead atoms. The third-order valence-corrected chi connectivity index (χ3v) is 1.31. The molecule has 0 aliphatic heterocycles. The molecule has 0 saturated heterocycles. The van der Waals surface area contributed by atoms with Crippen molar-refractivity contribution in [3.63, 3.8) is 0 Å². The molecule has 1 aromatic rings. The van der Waals surface area contributed by atoms with E-state index in [1.165, 1.54) is 0 Å². The smallest absolute Gasteiger partial charge is 0.387 e. The summed E-state index contributed by atoms with van der Waals surface area (Å²) in [5, 5.41) is 0. The summed E-state index contributed by atoms with van der Waals surface area (Å²) in [6.45, 7) is -3.01. The van der Waals surface area contributed by atoms with Crippen LogP contribution in [0.15, 0.2) is 23.2 Å². The van der Waals surface area contributed by atoms with Gasteiger partial charge in [-0.1, -0.05) is 0 Å². The minimum absolute atomic E-state index is 0.268. The van der Waals surface area contributed by atoms with Crippen LogP contribution in [0.4, 0.5) is 18.9 Å². The van der Waals surface area contributed by atoms with Crippen LogP contribution in [0.25, 0.3) is 0 Å². The standard InChI is InChI=1S/C8H4F3NO2/c9-6-2-1-5(14-8(10)11)3-7(6)12-4-13/h1-3,8H. The van der Waals surface area contributed by atoms with Crippen molar-refractivity contribution < 1.29 is 22.7 Å². The van der Waals surface area contributed by atoms with Gasteiger partial charge >= 0.3 is 6.61 Å². The van der Waals surface area contributed by atoms with E-state index in [0.717, 1.165) is 24.3 Å². The van der Waals surface area contributed by atoms with Gasteiger partial charge in [0, 0.05) is 6.07 Å². The Hall–Kier alpha value is -1.81. The first-order chi connectivity index (χ1) is 6.63. The van der Waals surface area contributed by atoms with E-state index in [2.05, 4.69) is 9.73 Å². The van der Waals surface area contributed by atoms with Crippen LogP contribution in [-0.2, 0) is 4.79 Å². The number of aliphatic imine (C=N–C) groups is 1. The summed E-state index contributed by atoms with van der Waals surface area (Å²) in [5.41, 5.74) is -0.391. The molecule has 0 N–H and O–H groups in total. The number of hydrogen-bond acceptors (Lipinski definition) is 3. The van der Waals surface area contributed by atoms with Crippen LogP contribution in [0.2, 0.25) is 0 Å². The topological polar surface area (TPSA) is 38.7 Å². The lowest BCUT2D eigenvalue weighted by Crippen LogP contribution is -2.01. The average Bonchev–Trinajstić information content (AvgIpc) is 2.10. The number of ether oxygens (including phenoxy) is 1. The van der Waals surface area contributed by atoms with E-state index in [4.69, 9.17) is 0 Å². The molecule has 0 amide bonds. The van der Waals surface area contributed by atoms with Gasteiger partial charge in [0.2, 0.25) is 6.08 Å². The fraction of sp³-hybridized carbons (Fsp3) is 0.125. The summed E-state index contributed by atoms with van der Waals surface area (Å²) < 4.78 is 40.2. The molecule has 0 atom stereocenters. The molecule has 0 heterocycles. The molecule has 0 saturated carbocycles. The molecule has 1 aromatic carbocycles. The zero-order valence-corrected chi connectivity index (χ0v) is 6.71. The highest BCUT2D eigenvalue weighted by Crippen LogP contribution is 2.24. The van der Waals surface area contributed by atoms with Gasteiger partial charge in [-0.25, -0.2) is 9.18 Å². The van der Waals surface area contributed by atoms with Crippen molar-refractivity contribution in [1.29, 1.82) is 0 Å². The van der Waals surface area contributed by atoms with E-state index in [9.17, 15) is 18.0 Å². The number of hydrogen-bond donors (Lipinski definition) is 0. The normalized spacial score (nSPS) is 9.71. The molecule has 6 heteroatoms. The molecule has 0 spiro atoms. The minimum Gasteiger partial charge on any atom is -0.435 e. The highest BCUT2D eigenvalue weighted by molar-refractivity contribution is 5.52. The van der Waals surface area contributed by atoms with Gasteiger partial charge in [-0.2, -0.15) is 13.8 Å². The molecule has 0 aliphatic carbocycles. The predicted molar refractivity (Wildman–Crippen MR) is 40.8 cm³/mol. The lowest BCUT2D eigenvalue weighted by Gasteiger charge is -2.04. The second-order valence-electron chi connectivity index (χ2n) is 2.19. The SMILES string of the molecule is O=C=Nc1cc(OC(F)F)ccc1F. The van der Waals surface area contributed by atoms with Crippen molar-refractivity contribution in [1.82, 2.24) is 0 Å². The number of nitrogens with zero attached hydrogens (tertiary/aromatic N) is 1. The molecule has 14 heavy (non-hydrogen) atoms. The monoisotopic (exact) mass is 203 g/mol. The van der Waals surface area contributed by atoms with Gasteiger partial charge in [0.25, 0.3) is 0 Å². The molecule has 1 rings (SSSR count). The third kappa shape index (κ3) is 2.60. The van der Waals surface area contributed by atoms with Crippen LogP contribution in [-0.4, -0.2) is 12.7 Å². The fourth-order valence-corrected chi connectivity index (χ4v) is 0.804. The Morgan fingerprint density at radius 3 is 2.71 bits per heavy atom. The van der Waals surface area contributed by atoms with E-state index in [1.54, 1.807) is 0 Å². The Labute approximate surface area is 76.8 Å². The number of rotatable bonds is 3. The fourth-order valence-electron chi connectivity index (χ4n) is 0.804. The molecule has 0 aliphatic rings. The van der Waals surface area contributed by atoms with Crippen molar-refractivity contribution in [3.8, 4) is 5.75 Å². The van der Waals surface area contributed by atoms with Crippen LogP contribution in [0.5, 0.6) is 5.75 Å². The van der Waals surface area contributed by atoms with Gasteiger partial charge in [0.1, 0.15) is 17.3 Å². The highest BCUT2D eigenvalue weighted by atomic mass is 19.3. The summed E-state index contributed by atoms with van der Waals surface area (Å²) in [6, 6.07) is 2.76. The Balaban J connectivity index is 3.00. The minimum atomic E-state index is -3.01. The van der Waals surface area contributed by atoms with Gasteiger partial charge in [-0.15, -0.1) is 0 Å². The summed E-state index contributed by atoms with van der Waals surface area (Å²) in [4.78, 5) is 12.8. The third-order valence-electron chi connectivity index (χ3n) is 1.31. The lowest BCUT2D eigenvalue weighted by molar-refractivity contribution is -0.0498. The number of halogens is 3. The van der Waals surface area contributed by atoms with Gasteiger partial charge in [0.15, 0.2) is 0 Å². The number of benzene rings is 1. The van der Waals surface area contributed by atoms with Crippen LogP contribution < -0.4 is 4.74 Å². The maximum absolute atomic E-state index is 12.8. The quantitative estimate of drug-likeness (QED) is 0.558. The largest absolute Gasteiger partial charge is 0.435 e. The highest BCUT2D eigenvalue weighted by Gasteiger charge is 2.07. The van der Waals surface area contributed by atoms with Crippen molar-refractivity contribution in [2.24, 2.45) is 4.99 Å². The van der Waals surface area contributed by atoms with E-state index >= 15 is 0 Å². The van der Waals surface area contributed by atoms with Crippen LogP contribution in [0.1, 0.15) is 0 Å². The second-order valence-corrected chi connectivity index (χ2v) is 2.19. The lowest BCUT2D eigenvalue weighted by atomic mass is 10.3. The molecule has 0 radical (unpaired) electrons. The average molecular weight is 203 g/mol. The zero-order valence-electron chi connectivity index (χ0n) is 6.71. The maximum atomic E-state index is 12.8. The summed E-state index contributed by atoms with van der Waals surface area (Å²) in [5.74, 6) is -1.08. The van der Waals surface area contributed by atoms with E-state index < -0.39 is 18.1 Å². The molecule has 0 fully saturated rings. The van der Waals surface area contributed by atoms with E-state index in [1.807, 2.05) is 0 Å². The van der Waals surface area contributed by atoms with Gasteiger partial charge in [0.05, 0.1) is 0 Å². The van der Waals surface area contributed by atoms with Crippen molar-refractivity contribution in [3.05, 3.63) is 24.0 Å². The van der Waals surface area contributed by atoms with Crippen LogP contribution in [0, 0.1) is 5.82 Å². The molecular formula is C8H4F3NO2. The van der Waals surface area contributed by atoms with Crippen LogP contribution >= 0.6 is 0 Å². The van der Waals surface area contributed by atoms with Crippen molar-refractivity contribution in [2.75, 3.05) is 0 Å². The van der Waals surface area contributed by atoms with Crippen LogP contribution in [0.3, 0.4) is 0 Å². The van der Waals surface area contributed by atoms with E-state index in [0.29, 0.717) is 0 Å². The Kier molecular flexibility index (Phi) is 3.25. The Morgan fingerprint density at radius 2 is 2.14 bits per heavy atom. The summed E-state index contributed by atoms with van der Waals surface area (Å²) in [7, 11) is 0. The number of alkyl halides is 2. The predicted octanol–water partition coefficient (Wildman–Crippen LogP) is 2.39. The number of isocyanates is 1. The Bertz CT molecular complexity index is 375. The maximum Gasteiger partial charge on any atom is 0.387 e. The first-order valence-corrected chi connectivity index (χ1v) is 3.45. The van der Waals surface area contributed by atoms with Gasteiger partial charge in [-0.05, 0) is 12.1 Å². The van der Waals surface area contributed by atoms with Crippen molar-refractivity contribution in [2.45, 2.75) is 6.61 Å². The van der Waals surface area contributed by atoms with E-state index in [-0.39, 0.29) is 5.75 Å². The first-order valence-electron chi connectivity index (χ1n) is 3.45. The second kappa shape index (κ2) is 4.43. The molecule has 0 aromatic heterocycles. The molecule has 0 unspecified atom stereocenters. The Morgan fingerprint density at radius 1 is 1.43 bits per heavy atom. The summed E-state index contributed by atoms with van der Waals surface area (Å²) >= 11 is 0. The van der Waals surface area contributed by atoms with Crippen molar-refractivity contribution >= 4 is 11.8 Å². The zero-order chi connectivity index (χ0) is 10.6. The number of carbonyl (C=O) groups excluding carboxylic acids is 1.